The lowest BCUT2D eigenvalue weighted by Crippen LogP contribution is -2.22. The van der Waals surface area contributed by atoms with Crippen LogP contribution in [0, 0.1) is 0 Å². The van der Waals surface area contributed by atoms with Gasteiger partial charge >= 0.3 is 0 Å². The van der Waals surface area contributed by atoms with Crippen molar-refractivity contribution in [1.29, 1.82) is 0 Å². The Hall–Kier alpha value is -0.940. The molecule has 0 aliphatic rings. The molecule has 1 aromatic carbocycles. The summed E-state index contributed by atoms with van der Waals surface area (Å²) in [6.45, 7) is 5.67. The van der Waals surface area contributed by atoms with Gasteiger partial charge < -0.3 is 4.74 Å². The summed E-state index contributed by atoms with van der Waals surface area (Å²) in [6.07, 6.45) is 0. The van der Waals surface area contributed by atoms with Gasteiger partial charge in [-0.3, -0.25) is 4.72 Å². The Kier molecular flexibility index (Phi) is 5.28. The topological polar surface area (TPSA) is 55.4 Å². The molecule has 1 N–H and O–H groups in total. The van der Waals surface area contributed by atoms with Gasteiger partial charge in [0, 0.05) is 11.3 Å². The standard InChI is InChI=1S/C12H18ClNO3S/c1-4-17-12-6-5-11(7-10(12)8-13)14-18(15,16)9(2)3/h5-7,9,14H,4,8H2,1-3H3. The highest BCUT2D eigenvalue weighted by Gasteiger charge is 2.16. The summed E-state index contributed by atoms with van der Waals surface area (Å²) >= 11 is 5.82. The van der Waals surface area contributed by atoms with E-state index in [0.717, 1.165) is 5.56 Å². The van der Waals surface area contributed by atoms with E-state index in [1.165, 1.54) is 0 Å². The minimum absolute atomic E-state index is 0.270. The highest BCUT2D eigenvalue weighted by molar-refractivity contribution is 7.93. The van der Waals surface area contributed by atoms with Gasteiger partial charge in [-0.25, -0.2) is 8.42 Å². The van der Waals surface area contributed by atoms with Gasteiger partial charge in [0.15, 0.2) is 0 Å². The lowest BCUT2D eigenvalue weighted by Gasteiger charge is -2.13. The first-order valence-corrected chi connectivity index (χ1v) is 7.82. The van der Waals surface area contributed by atoms with Gasteiger partial charge in [0.05, 0.1) is 17.7 Å². The fourth-order valence-electron chi connectivity index (χ4n) is 1.33. The monoisotopic (exact) mass is 291 g/mol. The molecule has 0 saturated carbocycles. The molecule has 0 amide bonds. The fourth-order valence-corrected chi connectivity index (χ4v) is 2.23. The van der Waals surface area contributed by atoms with Gasteiger partial charge in [-0.05, 0) is 39.0 Å². The van der Waals surface area contributed by atoms with E-state index in [1.54, 1.807) is 32.0 Å². The van der Waals surface area contributed by atoms with Gasteiger partial charge in [0.1, 0.15) is 5.75 Å². The first kappa shape index (κ1) is 15.1. The Bertz CT molecular complexity index is 500. The Labute approximate surface area is 113 Å². The van der Waals surface area contributed by atoms with E-state index in [1.807, 2.05) is 6.92 Å². The lowest BCUT2D eigenvalue weighted by molar-refractivity contribution is 0.337. The van der Waals surface area contributed by atoms with Crippen LogP contribution in [0.5, 0.6) is 5.75 Å². The Morgan fingerprint density at radius 2 is 2.06 bits per heavy atom. The summed E-state index contributed by atoms with van der Waals surface area (Å²) in [4.78, 5) is 0. The number of hydrogen-bond acceptors (Lipinski definition) is 3. The Morgan fingerprint density at radius 1 is 1.39 bits per heavy atom. The second-order valence-electron chi connectivity index (χ2n) is 4.08. The van der Waals surface area contributed by atoms with Crippen molar-refractivity contribution in [2.75, 3.05) is 11.3 Å². The van der Waals surface area contributed by atoms with Crippen LogP contribution >= 0.6 is 11.6 Å². The molecule has 0 bridgehead atoms. The number of sulfonamides is 1. The van der Waals surface area contributed by atoms with Crippen LogP contribution in [0.1, 0.15) is 26.3 Å². The SMILES string of the molecule is CCOc1ccc(NS(=O)(=O)C(C)C)cc1CCl. The summed E-state index contributed by atoms with van der Waals surface area (Å²) < 4.78 is 31.4. The molecule has 0 atom stereocenters. The quantitative estimate of drug-likeness (QED) is 0.820. The maximum Gasteiger partial charge on any atom is 0.235 e. The summed E-state index contributed by atoms with van der Waals surface area (Å²) in [7, 11) is -3.34. The summed E-state index contributed by atoms with van der Waals surface area (Å²) in [5, 5.41) is -0.483. The van der Waals surface area contributed by atoms with E-state index in [9.17, 15) is 8.42 Å². The van der Waals surface area contributed by atoms with Gasteiger partial charge in [-0.2, -0.15) is 0 Å². The van der Waals surface area contributed by atoms with Crippen LogP contribution in [-0.2, 0) is 15.9 Å². The average molecular weight is 292 g/mol. The third-order valence-electron chi connectivity index (χ3n) is 2.39. The molecular formula is C12H18ClNO3S. The van der Waals surface area contributed by atoms with Gasteiger partial charge in [0.2, 0.25) is 10.0 Å². The molecule has 1 aromatic rings. The maximum atomic E-state index is 11.7. The van der Waals surface area contributed by atoms with E-state index in [-0.39, 0.29) is 5.88 Å². The molecule has 0 heterocycles. The highest BCUT2D eigenvalue weighted by atomic mass is 35.5. The summed E-state index contributed by atoms with van der Waals surface area (Å²) in [6, 6.07) is 5.08. The van der Waals surface area contributed by atoms with E-state index < -0.39 is 15.3 Å². The smallest absolute Gasteiger partial charge is 0.235 e. The second-order valence-corrected chi connectivity index (χ2v) is 6.59. The van der Waals surface area contributed by atoms with Crippen molar-refractivity contribution in [2.45, 2.75) is 31.9 Å². The predicted octanol–water partition coefficient (Wildman–Crippen LogP) is 2.97. The van der Waals surface area contributed by atoms with Gasteiger partial charge in [0.25, 0.3) is 0 Å². The molecule has 18 heavy (non-hydrogen) atoms. The van der Waals surface area contributed by atoms with E-state index in [2.05, 4.69) is 4.72 Å². The van der Waals surface area contributed by atoms with E-state index in [4.69, 9.17) is 16.3 Å². The largest absolute Gasteiger partial charge is 0.494 e. The van der Waals surface area contributed by atoms with Crippen LogP contribution in [0.15, 0.2) is 18.2 Å². The van der Waals surface area contributed by atoms with Crippen LogP contribution in [0.25, 0.3) is 0 Å². The molecule has 0 unspecified atom stereocenters. The minimum atomic E-state index is -3.34. The number of hydrogen-bond donors (Lipinski definition) is 1. The zero-order valence-corrected chi connectivity index (χ0v) is 12.3. The predicted molar refractivity (Wildman–Crippen MR) is 74.8 cm³/mol. The van der Waals surface area contributed by atoms with Crippen molar-refractivity contribution in [3.05, 3.63) is 23.8 Å². The molecule has 0 spiro atoms. The van der Waals surface area contributed by atoms with Crippen LogP contribution in [0.3, 0.4) is 0 Å². The van der Waals surface area contributed by atoms with Crippen molar-refractivity contribution in [1.82, 2.24) is 0 Å². The first-order chi connectivity index (χ1) is 8.40. The maximum absolute atomic E-state index is 11.7. The number of nitrogens with one attached hydrogen (secondary N) is 1. The van der Waals surface area contributed by atoms with Crippen molar-refractivity contribution in [3.63, 3.8) is 0 Å². The molecule has 6 heteroatoms. The highest BCUT2D eigenvalue weighted by Crippen LogP contribution is 2.25. The van der Waals surface area contributed by atoms with Crippen LogP contribution < -0.4 is 9.46 Å². The lowest BCUT2D eigenvalue weighted by atomic mass is 10.2. The second kappa shape index (κ2) is 6.29. The molecule has 0 aromatic heterocycles. The Morgan fingerprint density at radius 3 is 2.56 bits per heavy atom. The number of anilines is 1. The van der Waals surface area contributed by atoms with Crippen LogP contribution in [-0.4, -0.2) is 20.3 Å². The number of alkyl halides is 1. The molecule has 0 saturated heterocycles. The molecule has 0 radical (unpaired) electrons. The van der Waals surface area contributed by atoms with E-state index in [0.29, 0.717) is 18.0 Å². The molecule has 4 nitrogen and oxygen atoms in total. The van der Waals surface area contributed by atoms with Gasteiger partial charge in [-0.1, -0.05) is 0 Å². The van der Waals surface area contributed by atoms with Crippen molar-refractivity contribution < 1.29 is 13.2 Å². The number of ether oxygens (including phenoxy) is 1. The average Bonchev–Trinajstić information content (AvgIpc) is 2.30. The molecule has 0 aliphatic heterocycles. The molecule has 1 rings (SSSR count). The minimum Gasteiger partial charge on any atom is -0.494 e. The zero-order chi connectivity index (χ0) is 13.8. The number of rotatable bonds is 6. The van der Waals surface area contributed by atoms with Crippen LogP contribution in [0.4, 0.5) is 5.69 Å². The van der Waals surface area contributed by atoms with Crippen molar-refractivity contribution in [3.8, 4) is 5.75 Å². The van der Waals surface area contributed by atoms with Crippen molar-refractivity contribution >= 4 is 27.3 Å². The zero-order valence-electron chi connectivity index (χ0n) is 10.7. The number of benzene rings is 1. The Balaban J connectivity index is 2.99. The summed E-state index contributed by atoms with van der Waals surface area (Å²) in [5.41, 5.74) is 1.27. The third kappa shape index (κ3) is 3.78. The van der Waals surface area contributed by atoms with Crippen LogP contribution in [0.2, 0.25) is 0 Å². The molecule has 0 fully saturated rings. The number of halogens is 1. The molecular weight excluding hydrogens is 274 g/mol. The molecule has 102 valence electrons. The van der Waals surface area contributed by atoms with E-state index >= 15 is 0 Å². The van der Waals surface area contributed by atoms with Crippen molar-refractivity contribution in [2.24, 2.45) is 0 Å². The fraction of sp³-hybridized carbons (Fsp3) is 0.500. The third-order valence-corrected chi connectivity index (χ3v) is 4.43. The summed E-state index contributed by atoms with van der Waals surface area (Å²) in [5.74, 6) is 0.951. The normalized spacial score (nSPS) is 11.6. The van der Waals surface area contributed by atoms with Gasteiger partial charge in [-0.15, -0.1) is 11.6 Å². The first-order valence-electron chi connectivity index (χ1n) is 5.74. The molecule has 0 aliphatic carbocycles.